The zero-order chi connectivity index (χ0) is 20.5. The summed E-state index contributed by atoms with van der Waals surface area (Å²) in [4.78, 5) is 36.9. The second-order valence-corrected chi connectivity index (χ2v) is 6.38. The molecule has 0 aliphatic carbocycles. The second-order valence-electron chi connectivity index (χ2n) is 6.38. The molecule has 2 aromatic carbocycles. The van der Waals surface area contributed by atoms with E-state index in [1.807, 2.05) is 0 Å². The molecule has 28 heavy (non-hydrogen) atoms. The van der Waals surface area contributed by atoms with Crippen molar-refractivity contribution in [3.8, 4) is 0 Å². The van der Waals surface area contributed by atoms with E-state index in [-0.39, 0.29) is 24.2 Å². The van der Waals surface area contributed by atoms with Gasteiger partial charge in [0, 0.05) is 29.9 Å². The van der Waals surface area contributed by atoms with Crippen LogP contribution in [0.4, 0.5) is 24.5 Å². The van der Waals surface area contributed by atoms with Crippen LogP contribution >= 0.6 is 0 Å². The van der Waals surface area contributed by atoms with Crippen LogP contribution in [0, 0.1) is 5.92 Å². The highest BCUT2D eigenvalue weighted by molar-refractivity contribution is 6.03. The molecular weight excluding hydrogens is 375 g/mol. The molecule has 1 aliphatic heterocycles. The third kappa shape index (κ3) is 4.13. The molecule has 1 saturated heterocycles. The first-order valence-corrected chi connectivity index (χ1v) is 8.33. The number of nitrogens with two attached hydrogens (primary N) is 1. The van der Waals surface area contributed by atoms with Gasteiger partial charge in [-0.1, -0.05) is 6.07 Å². The number of anilines is 2. The first-order valence-electron chi connectivity index (χ1n) is 8.33. The zero-order valence-electron chi connectivity index (χ0n) is 14.5. The van der Waals surface area contributed by atoms with Crippen molar-refractivity contribution in [1.82, 2.24) is 0 Å². The minimum atomic E-state index is -4.52. The van der Waals surface area contributed by atoms with Crippen molar-refractivity contribution in [3.05, 3.63) is 59.7 Å². The molecule has 1 fully saturated rings. The first kappa shape index (κ1) is 19.4. The molecule has 3 N–H and O–H groups in total. The third-order valence-electron chi connectivity index (χ3n) is 4.42. The molecule has 0 unspecified atom stereocenters. The van der Waals surface area contributed by atoms with Gasteiger partial charge in [-0.2, -0.15) is 13.2 Å². The average molecular weight is 391 g/mol. The summed E-state index contributed by atoms with van der Waals surface area (Å²) in [6.45, 7) is -0.0225. The van der Waals surface area contributed by atoms with Crippen LogP contribution in [-0.2, 0) is 15.8 Å². The van der Waals surface area contributed by atoms with E-state index in [9.17, 15) is 27.6 Å². The molecule has 2 aromatic rings. The minimum Gasteiger partial charge on any atom is -0.366 e. The second kappa shape index (κ2) is 7.34. The fourth-order valence-electron chi connectivity index (χ4n) is 2.95. The molecule has 146 valence electrons. The first-order chi connectivity index (χ1) is 13.1. The molecule has 0 radical (unpaired) electrons. The molecule has 6 nitrogen and oxygen atoms in total. The van der Waals surface area contributed by atoms with Crippen LogP contribution in [-0.4, -0.2) is 24.3 Å². The van der Waals surface area contributed by atoms with Gasteiger partial charge in [-0.15, -0.1) is 0 Å². The Morgan fingerprint density at radius 2 is 1.79 bits per heavy atom. The number of hydrogen-bond donors (Lipinski definition) is 2. The Bertz CT molecular complexity index is 926. The van der Waals surface area contributed by atoms with Gasteiger partial charge in [-0.05, 0) is 42.5 Å². The Kier molecular flexibility index (Phi) is 5.08. The topological polar surface area (TPSA) is 92.5 Å². The maximum Gasteiger partial charge on any atom is 0.416 e. The third-order valence-corrected chi connectivity index (χ3v) is 4.42. The fourth-order valence-corrected chi connectivity index (χ4v) is 2.95. The summed E-state index contributed by atoms with van der Waals surface area (Å²) in [5.41, 5.74) is 5.08. The van der Waals surface area contributed by atoms with E-state index in [2.05, 4.69) is 5.32 Å². The van der Waals surface area contributed by atoms with Crippen LogP contribution < -0.4 is 16.0 Å². The van der Waals surface area contributed by atoms with Crippen LogP contribution in [0.2, 0.25) is 0 Å². The van der Waals surface area contributed by atoms with Crippen LogP contribution in [0.15, 0.2) is 48.5 Å². The summed E-state index contributed by atoms with van der Waals surface area (Å²) >= 11 is 0. The molecule has 1 heterocycles. The van der Waals surface area contributed by atoms with E-state index >= 15 is 0 Å². The molecule has 1 aliphatic rings. The quantitative estimate of drug-likeness (QED) is 0.840. The number of nitrogens with zero attached hydrogens (tertiary/aromatic N) is 1. The van der Waals surface area contributed by atoms with Crippen LogP contribution in [0.1, 0.15) is 22.3 Å². The highest BCUT2D eigenvalue weighted by atomic mass is 19.4. The largest absolute Gasteiger partial charge is 0.416 e. The summed E-state index contributed by atoms with van der Waals surface area (Å²) < 4.78 is 38.6. The van der Waals surface area contributed by atoms with Crippen molar-refractivity contribution < 1.29 is 27.6 Å². The smallest absolute Gasteiger partial charge is 0.366 e. The number of alkyl halides is 3. The van der Waals surface area contributed by atoms with Gasteiger partial charge in [0.05, 0.1) is 11.5 Å². The molecular formula is C19H16F3N3O3. The number of rotatable bonds is 4. The molecule has 0 aromatic heterocycles. The number of halogens is 3. The van der Waals surface area contributed by atoms with Crippen molar-refractivity contribution in [2.24, 2.45) is 11.7 Å². The van der Waals surface area contributed by atoms with Crippen molar-refractivity contribution in [3.63, 3.8) is 0 Å². The van der Waals surface area contributed by atoms with Gasteiger partial charge < -0.3 is 16.0 Å². The Labute approximate surface area is 158 Å². The van der Waals surface area contributed by atoms with Crippen molar-refractivity contribution in [1.29, 1.82) is 0 Å². The van der Waals surface area contributed by atoms with Gasteiger partial charge in [-0.25, -0.2) is 0 Å². The number of primary amides is 1. The Hall–Kier alpha value is -3.36. The fraction of sp³-hybridized carbons (Fsp3) is 0.211. The monoisotopic (exact) mass is 391 g/mol. The molecule has 9 heteroatoms. The highest BCUT2D eigenvalue weighted by Gasteiger charge is 2.37. The number of nitrogens with one attached hydrogen (secondary N) is 1. The summed E-state index contributed by atoms with van der Waals surface area (Å²) in [6.07, 6.45) is -4.63. The average Bonchev–Trinajstić information content (AvgIpc) is 3.03. The predicted molar refractivity (Wildman–Crippen MR) is 95.5 cm³/mol. The van der Waals surface area contributed by atoms with Crippen molar-refractivity contribution in [2.75, 3.05) is 16.8 Å². The van der Waals surface area contributed by atoms with Crippen LogP contribution in [0.3, 0.4) is 0 Å². The Balaban J connectivity index is 1.70. The van der Waals surface area contributed by atoms with E-state index < -0.39 is 35.4 Å². The number of carbonyl (C=O) groups excluding carboxylic acids is 3. The number of carbonyl (C=O) groups is 3. The van der Waals surface area contributed by atoms with E-state index in [1.54, 1.807) is 0 Å². The minimum absolute atomic E-state index is 0.0225. The van der Waals surface area contributed by atoms with Crippen LogP contribution in [0.5, 0.6) is 0 Å². The molecule has 0 bridgehead atoms. The van der Waals surface area contributed by atoms with Gasteiger partial charge in [-0.3, -0.25) is 14.4 Å². The molecule has 3 rings (SSSR count). The molecule has 0 saturated carbocycles. The van der Waals surface area contributed by atoms with Gasteiger partial charge >= 0.3 is 6.18 Å². The Morgan fingerprint density at radius 3 is 2.39 bits per heavy atom. The molecule has 0 spiro atoms. The molecule has 1 atom stereocenters. The lowest BCUT2D eigenvalue weighted by Crippen LogP contribution is -2.28. The summed E-state index contributed by atoms with van der Waals surface area (Å²) in [6, 6.07) is 10.3. The maximum absolute atomic E-state index is 12.9. The maximum atomic E-state index is 12.9. The number of hydrogen-bond acceptors (Lipinski definition) is 3. The normalized spacial score (nSPS) is 16.9. The predicted octanol–water partition coefficient (Wildman–Crippen LogP) is 2.80. The van der Waals surface area contributed by atoms with Gasteiger partial charge in [0.2, 0.25) is 17.7 Å². The molecule has 3 amide bonds. The van der Waals surface area contributed by atoms with E-state index in [0.717, 1.165) is 12.1 Å². The van der Waals surface area contributed by atoms with Gasteiger partial charge in [0.25, 0.3) is 0 Å². The van der Waals surface area contributed by atoms with Gasteiger partial charge in [0.1, 0.15) is 0 Å². The van der Waals surface area contributed by atoms with E-state index in [1.165, 1.54) is 41.3 Å². The zero-order valence-corrected chi connectivity index (χ0v) is 14.5. The lowest BCUT2D eigenvalue weighted by molar-refractivity contribution is -0.137. The lowest BCUT2D eigenvalue weighted by atomic mass is 10.1. The van der Waals surface area contributed by atoms with Crippen molar-refractivity contribution in [2.45, 2.75) is 12.6 Å². The highest BCUT2D eigenvalue weighted by Crippen LogP contribution is 2.33. The summed E-state index contributed by atoms with van der Waals surface area (Å²) in [7, 11) is 0. The lowest BCUT2D eigenvalue weighted by Gasteiger charge is -2.18. The van der Waals surface area contributed by atoms with E-state index in [0.29, 0.717) is 5.69 Å². The SMILES string of the molecule is NC(=O)c1ccc(NC(=O)[C@@H]2CC(=O)N(c3cccc(C(F)(F)F)c3)C2)cc1. The summed E-state index contributed by atoms with van der Waals surface area (Å²) in [5.74, 6) is -2.17. The van der Waals surface area contributed by atoms with Crippen LogP contribution in [0.25, 0.3) is 0 Å². The van der Waals surface area contributed by atoms with Gasteiger partial charge in [0.15, 0.2) is 0 Å². The van der Waals surface area contributed by atoms with E-state index in [4.69, 9.17) is 5.73 Å². The standard InChI is InChI=1S/C19H16F3N3O3/c20-19(21,22)13-2-1-3-15(9-13)25-10-12(8-16(25)26)18(28)24-14-6-4-11(5-7-14)17(23)27/h1-7,9,12H,8,10H2,(H2,23,27)(H,24,28)/t12-/m1/s1. The number of amides is 3. The summed E-state index contributed by atoms with van der Waals surface area (Å²) in [5, 5.41) is 2.63. The Morgan fingerprint density at radius 1 is 1.11 bits per heavy atom. The van der Waals surface area contributed by atoms with Crippen molar-refractivity contribution >= 4 is 29.1 Å². The number of benzene rings is 2.